The highest BCUT2D eigenvalue weighted by Crippen LogP contribution is 2.26. The summed E-state index contributed by atoms with van der Waals surface area (Å²) in [6.45, 7) is -1.14. The minimum atomic E-state index is -1.20. The summed E-state index contributed by atoms with van der Waals surface area (Å²) in [4.78, 5) is 33.1. The SMILES string of the molecule is COc1ccc(Br)c(NC(=O)NC(=O)COCC(=O)O)c1. The number of carboxylic acid groups (broad SMARTS) is 1. The van der Waals surface area contributed by atoms with Crippen molar-refractivity contribution in [2.24, 2.45) is 0 Å². The van der Waals surface area contributed by atoms with Gasteiger partial charge in [-0.2, -0.15) is 0 Å². The Morgan fingerprint density at radius 1 is 1.29 bits per heavy atom. The maximum Gasteiger partial charge on any atom is 0.329 e. The zero-order chi connectivity index (χ0) is 15.8. The average Bonchev–Trinajstić information content (AvgIpc) is 2.40. The van der Waals surface area contributed by atoms with Crippen LogP contribution < -0.4 is 15.4 Å². The molecule has 0 aliphatic carbocycles. The standard InChI is InChI=1S/C12H13BrN2O6/c1-20-7-2-3-8(13)9(4-7)14-12(19)15-10(16)5-21-6-11(17)18/h2-4H,5-6H2,1H3,(H,17,18)(H2,14,15,16,19). The van der Waals surface area contributed by atoms with Crippen LogP contribution in [0.4, 0.5) is 10.5 Å². The van der Waals surface area contributed by atoms with Crippen molar-refractivity contribution in [2.75, 3.05) is 25.6 Å². The van der Waals surface area contributed by atoms with Crippen molar-refractivity contribution < 1.29 is 29.0 Å². The molecule has 0 heterocycles. The monoisotopic (exact) mass is 360 g/mol. The zero-order valence-corrected chi connectivity index (χ0v) is 12.6. The van der Waals surface area contributed by atoms with E-state index in [-0.39, 0.29) is 0 Å². The zero-order valence-electron chi connectivity index (χ0n) is 11.0. The summed E-state index contributed by atoms with van der Waals surface area (Å²) in [6, 6.07) is 4.16. The van der Waals surface area contributed by atoms with Crippen LogP contribution in [0, 0.1) is 0 Å². The van der Waals surface area contributed by atoms with E-state index in [1.165, 1.54) is 7.11 Å². The molecule has 0 radical (unpaired) electrons. The number of nitrogens with one attached hydrogen (secondary N) is 2. The summed E-state index contributed by atoms with van der Waals surface area (Å²) >= 11 is 3.24. The molecule has 114 valence electrons. The molecule has 0 spiro atoms. The summed E-state index contributed by atoms with van der Waals surface area (Å²) in [5.41, 5.74) is 0.408. The maximum atomic E-state index is 11.6. The maximum absolute atomic E-state index is 11.6. The lowest BCUT2D eigenvalue weighted by atomic mass is 10.3. The fraction of sp³-hybridized carbons (Fsp3) is 0.250. The van der Waals surface area contributed by atoms with Crippen molar-refractivity contribution in [3.05, 3.63) is 22.7 Å². The molecule has 1 aromatic carbocycles. The van der Waals surface area contributed by atoms with Crippen molar-refractivity contribution in [1.29, 1.82) is 0 Å². The number of imide groups is 1. The normalized spacial score (nSPS) is 9.81. The fourth-order valence-electron chi connectivity index (χ4n) is 1.27. The number of aliphatic carboxylic acids is 1. The molecule has 1 rings (SSSR count). The lowest BCUT2D eigenvalue weighted by Crippen LogP contribution is -2.37. The second-order valence-corrected chi connectivity index (χ2v) is 4.59. The number of carbonyl (C=O) groups excluding carboxylic acids is 2. The first-order chi connectivity index (χ1) is 9.92. The Balaban J connectivity index is 2.50. The molecule has 0 bridgehead atoms. The largest absolute Gasteiger partial charge is 0.497 e. The summed E-state index contributed by atoms with van der Waals surface area (Å²) in [5, 5.41) is 12.8. The van der Waals surface area contributed by atoms with Crippen molar-refractivity contribution in [3.8, 4) is 5.75 Å². The molecule has 0 unspecified atom stereocenters. The Bertz CT molecular complexity index is 549. The van der Waals surface area contributed by atoms with Gasteiger partial charge in [-0.05, 0) is 28.1 Å². The average molecular weight is 361 g/mol. The number of urea groups is 1. The van der Waals surface area contributed by atoms with Crippen molar-refractivity contribution >= 4 is 39.5 Å². The molecule has 1 aromatic rings. The number of amides is 3. The Labute approximate surface area is 128 Å². The molecule has 0 fully saturated rings. The number of carboxylic acids is 1. The van der Waals surface area contributed by atoms with Crippen LogP contribution in [0.5, 0.6) is 5.75 Å². The van der Waals surface area contributed by atoms with E-state index in [1.54, 1.807) is 18.2 Å². The highest BCUT2D eigenvalue weighted by molar-refractivity contribution is 9.10. The molecule has 0 aromatic heterocycles. The van der Waals surface area contributed by atoms with Crippen LogP contribution in [0.15, 0.2) is 22.7 Å². The van der Waals surface area contributed by atoms with Gasteiger partial charge in [-0.3, -0.25) is 10.1 Å². The third kappa shape index (κ3) is 6.23. The molecule has 0 atom stereocenters. The van der Waals surface area contributed by atoms with E-state index >= 15 is 0 Å². The van der Waals surface area contributed by atoms with Gasteiger partial charge < -0.3 is 19.9 Å². The Kier molecular flexibility index (Phi) is 6.63. The predicted octanol–water partition coefficient (Wildman–Crippen LogP) is 1.21. The summed E-state index contributed by atoms with van der Waals surface area (Å²) in [7, 11) is 1.48. The number of anilines is 1. The Morgan fingerprint density at radius 2 is 2.00 bits per heavy atom. The minimum Gasteiger partial charge on any atom is -0.497 e. The Hall–Kier alpha value is -2.13. The third-order valence-electron chi connectivity index (χ3n) is 2.13. The van der Waals surface area contributed by atoms with Crippen LogP contribution in [0.3, 0.4) is 0 Å². The number of hydrogen-bond donors (Lipinski definition) is 3. The molecular weight excluding hydrogens is 348 g/mol. The quantitative estimate of drug-likeness (QED) is 0.702. The van der Waals surface area contributed by atoms with Gasteiger partial charge >= 0.3 is 12.0 Å². The van der Waals surface area contributed by atoms with Crippen LogP contribution in [0.25, 0.3) is 0 Å². The van der Waals surface area contributed by atoms with E-state index in [4.69, 9.17) is 9.84 Å². The number of hydrogen-bond acceptors (Lipinski definition) is 5. The summed E-state index contributed by atoms with van der Waals surface area (Å²) in [5.74, 6) is -1.43. The summed E-state index contributed by atoms with van der Waals surface area (Å²) in [6.07, 6.45) is 0. The van der Waals surface area contributed by atoms with Gasteiger partial charge in [-0.15, -0.1) is 0 Å². The second-order valence-electron chi connectivity index (χ2n) is 3.73. The number of rotatable bonds is 6. The highest BCUT2D eigenvalue weighted by atomic mass is 79.9. The molecule has 0 aliphatic heterocycles. The molecule has 0 saturated carbocycles. The van der Waals surface area contributed by atoms with Gasteiger partial charge in [0.1, 0.15) is 19.0 Å². The summed E-state index contributed by atoms with van der Waals surface area (Å²) < 4.78 is 10.2. The first kappa shape index (κ1) is 16.9. The van der Waals surface area contributed by atoms with Crippen LogP contribution >= 0.6 is 15.9 Å². The fourth-order valence-corrected chi connectivity index (χ4v) is 1.62. The van der Waals surface area contributed by atoms with E-state index < -0.39 is 31.1 Å². The number of ether oxygens (including phenoxy) is 2. The third-order valence-corrected chi connectivity index (χ3v) is 2.82. The molecular formula is C12H13BrN2O6. The highest BCUT2D eigenvalue weighted by Gasteiger charge is 2.11. The first-order valence-corrected chi connectivity index (χ1v) is 6.45. The second kappa shape index (κ2) is 8.22. The molecule has 3 amide bonds. The van der Waals surface area contributed by atoms with E-state index in [1.807, 2.05) is 5.32 Å². The van der Waals surface area contributed by atoms with Gasteiger partial charge in [0.2, 0.25) is 0 Å². The predicted molar refractivity (Wildman–Crippen MR) is 76.3 cm³/mol. The van der Waals surface area contributed by atoms with Crippen LogP contribution in [0.1, 0.15) is 0 Å². The van der Waals surface area contributed by atoms with Gasteiger partial charge in [0.05, 0.1) is 12.8 Å². The van der Waals surface area contributed by atoms with Gasteiger partial charge in [-0.1, -0.05) is 0 Å². The Morgan fingerprint density at radius 3 is 2.62 bits per heavy atom. The van der Waals surface area contributed by atoms with E-state index in [0.29, 0.717) is 15.9 Å². The van der Waals surface area contributed by atoms with Gasteiger partial charge in [0.25, 0.3) is 5.91 Å². The molecule has 21 heavy (non-hydrogen) atoms. The molecule has 9 heteroatoms. The van der Waals surface area contributed by atoms with Gasteiger partial charge in [0.15, 0.2) is 0 Å². The molecule has 0 saturated heterocycles. The van der Waals surface area contributed by atoms with Crippen molar-refractivity contribution in [1.82, 2.24) is 5.32 Å². The number of methoxy groups -OCH3 is 1. The van der Waals surface area contributed by atoms with Crippen molar-refractivity contribution in [3.63, 3.8) is 0 Å². The van der Waals surface area contributed by atoms with Gasteiger partial charge in [-0.25, -0.2) is 9.59 Å². The van der Waals surface area contributed by atoms with Crippen LogP contribution in [-0.2, 0) is 14.3 Å². The molecule has 3 N–H and O–H groups in total. The minimum absolute atomic E-state index is 0.408. The molecule has 0 aliphatic rings. The number of benzene rings is 1. The van der Waals surface area contributed by atoms with Crippen LogP contribution in [-0.4, -0.2) is 43.3 Å². The lowest BCUT2D eigenvalue weighted by Gasteiger charge is -2.10. The first-order valence-electron chi connectivity index (χ1n) is 5.66. The number of carbonyl (C=O) groups is 3. The molecule has 8 nitrogen and oxygen atoms in total. The van der Waals surface area contributed by atoms with Crippen molar-refractivity contribution in [2.45, 2.75) is 0 Å². The van der Waals surface area contributed by atoms with Crippen LogP contribution in [0.2, 0.25) is 0 Å². The lowest BCUT2D eigenvalue weighted by molar-refractivity contribution is -0.143. The van der Waals surface area contributed by atoms with E-state index in [2.05, 4.69) is 26.0 Å². The smallest absolute Gasteiger partial charge is 0.329 e. The number of halogens is 1. The van der Waals surface area contributed by atoms with E-state index in [0.717, 1.165) is 0 Å². The van der Waals surface area contributed by atoms with Gasteiger partial charge in [0, 0.05) is 10.5 Å². The topological polar surface area (TPSA) is 114 Å². The van der Waals surface area contributed by atoms with E-state index in [9.17, 15) is 14.4 Å².